The number of halogens is 2. The number of methoxy groups -OCH3 is 2. The van der Waals surface area contributed by atoms with E-state index < -0.39 is 0 Å². The molecule has 11 heteroatoms. The summed E-state index contributed by atoms with van der Waals surface area (Å²) >= 11 is 13.8. The van der Waals surface area contributed by atoms with Gasteiger partial charge in [-0.1, -0.05) is 23.2 Å². The van der Waals surface area contributed by atoms with Crippen molar-refractivity contribution in [3.63, 3.8) is 0 Å². The van der Waals surface area contributed by atoms with Gasteiger partial charge in [-0.25, -0.2) is 4.98 Å². The van der Waals surface area contributed by atoms with Crippen molar-refractivity contribution in [1.82, 2.24) is 15.0 Å². The monoisotopic (exact) mass is 480 g/mol. The van der Waals surface area contributed by atoms with Crippen LogP contribution < -0.4 is 19.9 Å². The molecule has 0 aliphatic rings. The summed E-state index contributed by atoms with van der Waals surface area (Å²) in [5.74, 6) is 1.63. The predicted molar refractivity (Wildman–Crippen MR) is 120 cm³/mol. The van der Waals surface area contributed by atoms with Crippen LogP contribution in [0.2, 0.25) is 10.0 Å². The molecule has 0 bridgehead atoms. The largest absolute Gasteiger partial charge is 0.497 e. The fourth-order valence-electron chi connectivity index (χ4n) is 2.49. The number of nitrogen functional groups attached to an aromatic ring is 1. The molecule has 2 N–H and O–H groups in total. The highest BCUT2D eigenvalue weighted by Gasteiger charge is 2.17. The van der Waals surface area contributed by atoms with E-state index in [9.17, 15) is 4.79 Å². The number of aromatic nitrogens is 3. The normalized spacial score (nSPS) is 10.6. The highest BCUT2D eigenvalue weighted by Crippen LogP contribution is 2.39. The lowest BCUT2D eigenvalue weighted by Crippen LogP contribution is -2.07. The molecule has 0 fully saturated rings. The number of hydrogen-bond acceptors (Lipinski definition) is 9. The Morgan fingerprint density at radius 1 is 1.03 bits per heavy atom. The van der Waals surface area contributed by atoms with Crippen molar-refractivity contribution < 1.29 is 19.0 Å². The van der Waals surface area contributed by atoms with E-state index in [1.165, 1.54) is 24.8 Å². The summed E-state index contributed by atoms with van der Waals surface area (Å²) in [5, 5.41) is 0.875. The molecule has 1 aromatic heterocycles. The molecule has 0 spiro atoms. The zero-order chi connectivity index (χ0) is 22.5. The van der Waals surface area contributed by atoms with E-state index in [-0.39, 0.29) is 34.9 Å². The van der Waals surface area contributed by atoms with Crippen LogP contribution >= 0.6 is 35.0 Å². The third-order valence-corrected chi connectivity index (χ3v) is 5.41. The van der Waals surface area contributed by atoms with E-state index >= 15 is 0 Å². The maximum absolute atomic E-state index is 11.2. The molecule has 0 atom stereocenters. The first-order valence-electron chi connectivity index (χ1n) is 8.83. The standard InChI is InChI=1S/C20H18Cl2N4O4S/c1-10(27)9-30-16-7-12(13(21)8-14(16)22)18-24-19(23)26-20(25-18)31-17-6-11(28-2)4-5-15(17)29-3/h4-8H,9H2,1-3H3,(H2,23,24,25,26). The molecule has 31 heavy (non-hydrogen) atoms. The second-order valence-electron chi connectivity index (χ2n) is 6.17. The molecule has 0 unspecified atom stereocenters. The molecule has 3 aromatic rings. The average Bonchev–Trinajstić information content (AvgIpc) is 2.72. The van der Waals surface area contributed by atoms with Gasteiger partial charge in [0.2, 0.25) is 5.95 Å². The molecular formula is C20H18Cl2N4O4S. The van der Waals surface area contributed by atoms with Crippen LogP contribution in [0, 0.1) is 0 Å². The first-order valence-corrected chi connectivity index (χ1v) is 10.4. The van der Waals surface area contributed by atoms with Crippen LogP contribution in [0.3, 0.4) is 0 Å². The van der Waals surface area contributed by atoms with Crippen LogP contribution in [0.25, 0.3) is 11.4 Å². The Balaban J connectivity index is 2.00. The molecule has 0 aliphatic carbocycles. The number of nitrogens with two attached hydrogens (primary N) is 1. The summed E-state index contributed by atoms with van der Waals surface area (Å²) in [5.41, 5.74) is 6.35. The Morgan fingerprint density at radius 2 is 1.81 bits per heavy atom. The van der Waals surface area contributed by atoms with Crippen molar-refractivity contribution in [3.8, 4) is 28.6 Å². The first kappa shape index (κ1) is 22.9. The molecular weight excluding hydrogens is 463 g/mol. The number of hydrogen-bond donors (Lipinski definition) is 1. The second kappa shape index (κ2) is 10.0. The third kappa shape index (κ3) is 5.69. The number of Topliss-reactive ketones (excluding diaryl/α,β-unsaturated/α-hetero) is 1. The van der Waals surface area contributed by atoms with E-state index in [0.29, 0.717) is 27.2 Å². The van der Waals surface area contributed by atoms with Gasteiger partial charge in [-0.05, 0) is 49.0 Å². The van der Waals surface area contributed by atoms with Crippen molar-refractivity contribution >= 4 is 46.7 Å². The Kier molecular flexibility index (Phi) is 7.42. The highest BCUT2D eigenvalue weighted by molar-refractivity contribution is 7.99. The number of nitrogens with zero attached hydrogens (tertiary/aromatic N) is 3. The molecule has 1 heterocycles. The van der Waals surface area contributed by atoms with E-state index in [1.54, 1.807) is 38.5 Å². The fraction of sp³-hybridized carbons (Fsp3) is 0.200. The number of carbonyl (C=O) groups excluding carboxylic acids is 1. The minimum atomic E-state index is -0.150. The number of ketones is 1. The van der Waals surface area contributed by atoms with Gasteiger partial charge in [0.15, 0.2) is 16.8 Å². The molecule has 3 rings (SSSR count). The maximum atomic E-state index is 11.2. The van der Waals surface area contributed by atoms with Gasteiger partial charge < -0.3 is 19.9 Å². The van der Waals surface area contributed by atoms with Gasteiger partial charge in [0.1, 0.15) is 23.9 Å². The summed E-state index contributed by atoms with van der Waals surface area (Å²) in [6, 6.07) is 8.41. The topological polar surface area (TPSA) is 109 Å². The van der Waals surface area contributed by atoms with Gasteiger partial charge in [-0.15, -0.1) is 0 Å². The van der Waals surface area contributed by atoms with Crippen molar-refractivity contribution in [2.24, 2.45) is 0 Å². The molecule has 0 amide bonds. The minimum Gasteiger partial charge on any atom is -0.497 e. The van der Waals surface area contributed by atoms with E-state index in [1.807, 2.05) is 0 Å². The van der Waals surface area contributed by atoms with Crippen LogP contribution in [0.5, 0.6) is 17.2 Å². The van der Waals surface area contributed by atoms with Gasteiger partial charge in [0.05, 0.1) is 29.2 Å². The lowest BCUT2D eigenvalue weighted by atomic mass is 10.2. The van der Waals surface area contributed by atoms with Crippen LogP contribution in [0.4, 0.5) is 5.95 Å². The van der Waals surface area contributed by atoms with E-state index in [2.05, 4.69) is 15.0 Å². The van der Waals surface area contributed by atoms with Gasteiger partial charge >= 0.3 is 0 Å². The minimum absolute atomic E-state index is 0.00610. The molecule has 8 nitrogen and oxygen atoms in total. The Labute approximate surface area is 193 Å². The number of ether oxygens (including phenoxy) is 3. The maximum Gasteiger partial charge on any atom is 0.224 e. The number of rotatable bonds is 8. The Bertz CT molecular complexity index is 1130. The molecule has 0 saturated carbocycles. The third-order valence-electron chi connectivity index (χ3n) is 3.90. The quantitative estimate of drug-likeness (QED) is 0.495. The van der Waals surface area contributed by atoms with Crippen molar-refractivity contribution in [3.05, 3.63) is 40.4 Å². The van der Waals surface area contributed by atoms with Crippen LogP contribution in [-0.4, -0.2) is 41.6 Å². The summed E-state index contributed by atoms with van der Waals surface area (Å²) in [6.07, 6.45) is 0. The smallest absolute Gasteiger partial charge is 0.224 e. The Morgan fingerprint density at radius 3 is 2.48 bits per heavy atom. The average molecular weight is 481 g/mol. The predicted octanol–water partition coefficient (Wildman–Crippen LogP) is 4.56. The number of benzene rings is 2. The molecule has 0 aliphatic heterocycles. The first-order chi connectivity index (χ1) is 14.8. The van der Waals surface area contributed by atoms with E-state index in [0.717, 1.165) is 4.90 Å². The summed E-state index contributed by atoms with van der Waals surface area (Å²) in [7, 11) is 3.14. The molecule has 162 valence electrons. The van der Waals surface area contributed by atoms with E-state index in [4.69, 9.17) is 43.1 Å². The van der Waals surface area contributed by atoms with Gasteiger partial charge in [0, 0.05) is 5.56 Å². The van der Waals surface area contributed by atoms with Gasteiger partial charge in [-0.3, -0.25) is 4.79 Å². The Hall–Kier alpha value is -2.75. The zero-order valence-corrected chi connectivity index (χ0v) is 19.1. The SMILES string of the molecule is COc1ccc(OC)c(Sc2nc(N)nc(-c3cc(OCC(C)=O)c(Cl)cc3Cl)n2)c1. The van der Waals surface area contributed by atoms with Gasteiger partial charge in [-0.2, -0.15) is 9.97 Å². The highest BCUT2D eigenvalue weighted by atomic mass is 35.5. The van der Waals surface area contributed by atoms with Crippen molar-refractivity contribution in [2.75, 3.05) is 26.6 Å². The fourth-order valence-corrected chi connectivity index (χ4v) is 3.91. The van der Waals surface area contributed by atoms with Crippen LogP contribution in [0.1, 0.15) is 6.92 Å². The van der Waals surface area contributed by atoms with Crippen molar-refractivity contribution in [2.45, 2.75) is 17.0 Å². The summed E-state index contributed by atoms with van der Waals surface area (Å²) < 4.78 is 16.1. The zero-order valence-electron chi connectivity index (χ0n) is 16.8. The lowest BCUT2D eigenvalue weighted by molar-refractivity contribution is -0.118. The summed E-state index contributed by atoms with van der Waals surface area (Å²) in [6.45, 7) is 1.28. The number of anilines is 1. The number of carbonyl (C=O) groups is 1. The second-order valence-corrected chi connectivity index (χ2v) is 8.00. The lowest BCUT2D eigenvalue weighted by Gasteiger charge is -2.12. The van der Waals surface area contributed by atoms with Crippen LogP contribution in [0.15, 0.2) is 40.4 Å². The van der Waals surface area contributed by atoms with Gasteiger partial charge in [0.25, 0.3) is 0 Å². The molecule has 2 aromatic carbocycles. The van der Waals surface area contributed by atoms with Crippen molar-refractivity contribution in [1.29, 1.82) is 0 Å². The summed E-state index contributed by atoms with van der Waals surface area (Å²) in [4.78, 5) is 24.8. The molecule has 0 saturated heterocycles. The molecule has 0 radical (unpaired) electrons. The van der Waals surface area contributed by atoms with Crippen LogP contribution in [-0.2, 0) is 4.79 Å².